The van der Waals surface area contributed by atoms with E-state index in [4.69, 9.17) is 9.47 Å². The van der Waals surface area contributed by atoms with Crippen molar-refractivity contribution in [3.05, 3.63) is 64.7 Å². The van der Waals surface area contributed by atoms with Crippen molar-refractivity contribution in [2.45, 2.75) is 13.2 Å². The van der Waals surface area contributed by atoms with Gasteiger partial charge in [-0.3, -0.25) is 0 Å². The van der Waals surface area contributed by atoms with Crippen molar-refractivity contribution in [2.24, 2.45) is 0 Å². The lowest BCUT2D eigenvalue weighted by Crippen LogP contribution is -1.91. The monoisotopic (exact) mass is 252 g/mol. The van der Waals surface area contributed by atoms with Crippen molar-refractivity contribution >= 4 is 12.2 Å². The molecule has 0 bridgehead atoms. The zero-order chi connectivity index (χ0) is 13.1. The highest BCUT2D eigenvalue weighted by molar-refractivity contribution is 5.73. The largest absolute Gasteiger partial charge is 0.496 e. The lowest BCUT2D eigenvalue weighted by Gasteiger charge is -2.07. The molecule has 0 N–H and O–H groups in total. The number of hydrogen-bond acceptors (Lipinski definition) is 2. The number of ether oxygens (including phenoxy) is 2. The number of benzene rings is 2. The molecule has 1 heterocycles. The Morgan fingerprint density at radius 2 is 1.74 bits per heavy atom. The van der Waals surface area contributed by atoms with Gasteiger partial charge in [0.1, 0.15) is 5.75 Å². The summed E-state index contributed by atoms with van der Waals surface area (Å²) in [5.74, 6) is 0.899. The van der Waals surface area contributed by atoms with E-state index in [1.807, 2.05) is 18.2 Å². The highest BCUT2D eigenvalue weighted by Gasteiger charge is 2.14. The van der Waals surface area contributed by atoms with Gasteiger partial charge in [0, 0.05) is 5.56 Å². The zero-order valence-corrected chi connectivity index (χ0v) is 10.9. The van der Waals surface area contributed by atoms with Crippen molar-refractivity contribution in [3.63, 3.8) is 0 Å². The predicted octanol–water partition coefficient (Wildman–Crippen LogP) is 3.90. The Hall–Kier alpha value is -2.06. The molecule has 19 heavy (non-hydrogen) atoms. The summed E-state index contributed by atoms with van der Waals surface area (Å²) in [6.45, 7) is 1.39. The molecule has 2 aromatic rings. The molecule has 96 valence electrons. The quantitative estimate of drug-likeness (QED) is 0.771. The van der Waals surface area contributed by atoms with E-state index < -0.39 is 0 Å². The summed E-state index contributed by atoms with van der Waals surface area (Å²) in [5.41, 5.74) is 4.76. The third kappa shape index (κ3) is 2.54. The Bertz CT molecular complexity index is 600. The molecule has 0 saturated heterocycles. The number of methoxy groups -OCH3 is 1. The highest BCUT2D eigenvalue weighted by atomic mass is 16.5. The van der Waals surface area contributed by atoms with Crippen LogP contribution >= 0.6 is 0 Å². The summed E-state index contributed by atoms with van der Waals surface area (Å²) < 4.78 is 10.9. The van der Waals surface area contributed by atoms with Gasteiger partial charge in [0.2, 0.25) is 0 Å². The van der Waals surface area contributed by atoms with Crippen molar-refractivity contribution in [3.8, 4) is 5.75 Å². The fourth-order valence-electron chi connectivity index (χ4n) is 2.28. The first kappa shape index (κ1) is 12.0. The Balaban J connectivity index is 1.94. The van der Waals surface area contributed by atoms with Gasteiger partial charge in [0.15, 0.2) is 0 Å². The minimum atomic E-state index is 0.689. The van der Waals surface area contributed by atoms with Gasteiger partial charge in [-0.1, -0.05) is 42.5 Å². The van der Waals surface area contributed by atoms with Crippen LogP contribution in [0.1, 0.15) is 22.3 Å². The summed E-state index contributed by atoms with van der Waals surface area (Å²) in [5, 5.41) is 0. The Morgan fingerprint density at radius 1 is 1.00 bits per heavy atom. The Labute approximate surface area is 113 Å². The molecule has 0 unspecified atom stereocenters. The highest BCUT2D eigenvalue weighted by Crippen LogP contribution is 2.29. The predicted molar refractivity (Wildman–Crippen MR) is 76.9 cm³/mol. The van der Waals surface area contributed by atoms with Crippen LogP contribution in [-0.4, -0.2) is 7.11 Å². The van der Waals surface area contributed by atoms with Crippen molar-refractivity contribution < 1.29 is 9.47 Å². The minimum Gasteiger partial charge on any atom is -0.496 e. The zero-order valence-electron chi connectivity index (χ0n) is 10.9. The third-order valence-corrected chi connectivity index (χ3v) is 3.32. The second kappa shape index (κ2) is 5.29. The number of rotatable bonds is 3. The van der Waals surface area contributed by atoms with E-state index in [1.165, 1.54) is 16.7 Å². The minimum absolute atomic E-state index is 0.689. The molecule has 0 fully saturated rings. The maximum atomic E-state index is 5.45. The number of hydrogen-bond donors (Lipinski definition) is 0. The topological polar surface area (TPSA) is 18.5 Å². The standard InChI is InChI=1S/C17H16O2/c1-18-17-10-16-12-19-11-15(16)9-14(17)8-7-13-5-3-2-4-6-13/h2-10H,11-12H2,1H3/b8-7+. The molecule has 0 aliphatic carbocycles. The van der Waals surface area contributed by atoms with E-state index in [0.29, 0.717) is 13.2 Å². The molecular formula is C17H16O2. The second-order valence-electron chi connectivity index (χ2n) is 4.60. The molecule has 0 saturated carbocycles. The molecule has 0 atom stereocenters. The summed E-state index contributed by atoms with van der Waals surface area (Å²) in [4.78, 5) is 0. The average molecular weight is 252 g/mol. The van der Waals surface area contributed by atoms with Gasteiger partial charge in [0.05, 0.1) is 20.3 Å². The normalized spacial score (nSPS) is 13.7. The van der Waals surface area contributed by atoms with Crippen molar-refractivity contribution in [1.82, 2.24) is 0 Å². The van der Waals surface area contributed by atoms with Gasteiger partial charge in [0.25, 0.3) is 0 Å². The summed E-state index contributed by atoms with van der Waals surface area (Å²) in [7, 11) is 1.71. The maximum Gasteiger partial charge on any atom is 0.126 e. The molecule has 1 aliphatic heterocycles. The molecule has 0 radical (unpaired) electrons. The molecule has 3 rings (SSSR count). The second-order valence-corrected chi connectivity index (χ2v) is 4.60. The first-order valence-corrected chi connectivity index (χ1v) is 6.37. The van der Waals surface area contributed by atoms with E-state index in [0.717, 1.165) is 11.3 Å². The van der Waals surface area contributed by atoms with Gasteiger partial charge in [-0.15, -0.1) is 0 Å². The van der Waals surface area contributed by atoms with Gasteiger partial charge in [-0.25, -0.2) is 0 Å². The SMILES string of the molecule is COc1cc2c(cc1/C=C/c1ccccc1)COC2. The van der Waals surface area contributed by atoms with E-state index in [-0.39, 0.29) is 0 Å². The third-order valence-electron chi connectivity index (χ3n) is 3.32. The van der Waals surface area contributed by atoms with Crippen molar-refractivity contribution in [2.75, 3.05) is 7.11 Å². The van der Waals surface area contributed by atoms with Gasteiger partial charge >= 0.3 is 0 Å². The number of fused-ring (bicyclic) bond motifs is 1. The molecular weight excluding hydrogens is 236 g/mol. The molecule has 2 aromatic carbocycles. The van der Waals surface area contributed by atoms with E-state index in [2.05, 4.69) is 36.4 Å². The van der Waals surface area contributed by atoms with Crippen LogP contribution in [0.4, 0.5) is 0 Å². The van der Waals surface area contributed by atoms with Crippen LogP contribution in [0.15, 0.2) is 42.5 Å². The molecule has 1 aliphatic rings. The fraction of sp³-hybridized carbons (Fsp3) is 0.176. The van der Waals surface area contributed by atoms with Crippen LogP contribution in [0.25, 0.3) is 12.2 Å². The molecule has 0 aromatic heterocycles. The van der Waals surface area contributed by atoms with Crippen LogP contribution in [-0.2, 0) is 18.0 Å². The summed E-state index contributed by atoms with van der Waals surface area (Å²) >= 11 is 0. The average Bonchev–Trinajstić information content (AvgIpc) is 2.92. The van der Waals surface area contributed by atoms with Crippen molar-refractivity contribution in [1.29, 1.82) is 0 Å². The fourth-order valence-corrected chi connectivity index (χ4v) is 2.28. The first-order chi connectivity index (χ1) is 9.36. The van der Waals surface area contributed by atoms with E-state index >= 15 is 0 Å². The summed E-state index contributed by atoms with van der Waals surface area (Å²) in [6, 6.07) is 14.5. The van der Waals surface area contributed by atoms with Crippen LogP contribution in [0.5, 0.6) is 5.75 Å². The summed E-state index contributed by atoms with van der Waals surface area (Å²) in [6.07, 6.45) is 4.19. The van der Waals surface area contributed by atoms with E-state index in [9.17, 15) is 0 Å². The molecule has 0 amide bonds. The van der Waals surface area contributed by atoms with Crippen LogP contribution in [0.2, 0.25) is 0 Å². The lowest BCUT2D eigenvalue weighted by atomic mass is 10.0. The molecule has 2 heteroatoms. The van der Waals surface area contributed by atoms with Gasteiger partial charge in [-0.2, -0.15) is 0 Å². The Kier molecular flexibility index (Phi) is 3.34. The molecule has 0 spiro atoms. The van der Waals surface area contributed by atoms with Crippen LogP contribution in [0, 0.1) is 0 Å². The van der Waals surface area contributed by atoms with Gasteiger partial charge in [-0.05, 0) is 28.8 Å². The van der Waals surface area contributed by atoms with E-state index in [1.54, 1.807) is 7.11 Å². The Morgan fingerprint density at radius 3 is 2.47 bits per heavy atom. The maximum absolute atomic E-state index is 5.45. The van der Waals surface area contributed by atoms with Crippen LogP contribution in [0.3, 0.4) is 0 Å². The van der Waals surface area contributed by atoms with Gasteiger partial charge < -0.3 is 9.47 Å². The first-order valence-electron chi connectivity index (χ1n) is 6.37. The smallest absolute Gasteiger partial charge is 0.126 e. The van der Waals surface area contributed by atoms with Crippen LogP contribution < -0.4 is 4.74 Å². The lowest BCUT2D eigenvalue weighted by molar-refractivity contribution is 0.134. The molecule has 2 nitrogen and oxygen atoms in total.